The van der Waals surface area contributed by atoms with E-state index in [1.807, 2.05) is 24.4 Å². The first kappa shape index (κ1) is 11.8. The van der Waals surface area contributed by atoms with Crippen LogP contribution >= 0.6 is 0 Å². The molecule has 0 fully saturated rings. The number of rotatable bonds is 3. The van der Waals surface area contributed by atoms with Crippen LogP contribution in [0.25, 0.3) is 10.9 Å². The van der Waals surface area contributed by atoms with Gasteiger partial charge in [0.15, 0.2) is 0 Å². The lowest BCUT2D eigenvalue weighted by molar-refractivity contribution is 0.305. The summed E-state index contributed by atoms with van der Waals surface area (Å²) >= 11 is 0. The number of nitrogens with one attached hydrogen (secondary N) is 1. The first-order chi connectivity index (χ1) is 9.25. The molecule has 0 radical (unpaired) electrons. The zero-order chi connectivity index (χ0) is 13.2. The van der Waals surface area contributed by atoms with Crippen LogP contribution in [-0.4, -0.2) is 4.98 Å². The van der Waals surface area contributed by atoms with Crippen molar-refractivity contribution in [3.8, 4) is 5.75 Å². The van der Waals surface area contributed by atoms with Crippen molar-refractivity contribution in [1.82, 2.24) is 4.98 Å². The summed E-state index contributed by atoms with van der Waals surface area (Å²) in [6, 6.07) is 14.4. The molecular weight excluding hydrogens is 234 g/mol. The van der Waals surface area contributed by atoms with Gasteiger partial charge in [0.2, 0.25) is 0 Å². The van der Waals surface area contributed by atoms with E-state index in [-0.39, 0.29) is 0 Å². The molecule has 2 nitrogen and oxygen atoms in total. The van der Waals surface area contributed by atoms with E-state index in [1.165, 1.54) is 27.6 Å². The predicted octanol–water partition coefficient (Wildman–Crippen LogP) is 4.36. The molecular formula is C17H17NO. The lowest BCUT2D eigenvalue weighted by Crippen LogP contribution is -1.95. The number of hydrogen-bond donors (Lipinski definition) is 1. The van der Waals surface area contributed by atoms with Crippen LogP contribution < -0.4 is 4.74 Å². The molecule has 0 saturated heterocycles. The Bertz CT molecular complexity index is 712. The minimum absolute atomic E-state index is 0.592. The van der Waals surface area contributed by atoms with Crippen molar-refractivity contribution in [3.63, 3.8) is 0 Å². The van der Waals surface area contributed by atoms with Crippen LogP contribution in [0.4, 0.5) is 0 Å². The topological polar surface area (TPSA) is 25.0 Å². The number of fused-ring (bicyclic) bond motifs is 1. The molecule has 3 rings (SSSR count). The second-order valence-corrected chi connectivity index (χ2v) is 4.87. The van der Waals surface area contributed by atoms with Crippen molar-refractivity contribution in [1.29, 1.82) is 0 Å². The quantitative estimate of drug-likeness (QED) is 0.735. The number of hydrogen-bond acceptors (Lipinski definition) is 1. The van der Waals surface area contributed by atoms with E-state index < -0.39 is 0 Å². The summed E-state index contributed by atoms with van der Waals surface area (Å²) in [4.78, 5) is 3.33. The molecule has 0 spiro atoms. The van der Waals surface area contributed by atoms with Gasteiger partial charge in [0.05, 0.1) is 0 Å². The zero-order valence-corrected chi connectivity index (χ0v) is 11.2. The van der Waals surface area contributed by atoms with Gasteiger partial charge in [-0.25, -0.2) is 0 Å². The summed E-state index contributed by atoms with van der Waals surface area (Å²) in [6.45, 7) is 4.77. The van der Waals surface area contributed by atoms with Crippen molar-refractivity contribution >= 4 is 10.9 Å². The van der Waals surface area contributed by atoms with Crippen LogP contribution in [-0.2, 0) is 6.61 Å². The highest BCUT2D eigenvalue weighted by molar-refractivity contribution is 5.85. The van der Waals surface area contributed by atoms with Gasteiger partial charge in [-0.15, -0.1) is 0 Å². The number of benzene rings is 2. The highest BCUT2D eigenvalue weighted by Gasteiger charge is 2.06. The van der Waals surface area contributed by atoms with Crippen LogP contribution in [0.1, 0.15) is 16.7 Å². The second kappa shape index (κ2) is 4.81. The third-order valence-electron chi connectivity index (χ3n) is 3.49. The minimum Gasteiger partial charge on any atom is -0.489 e. The van der Waals surface area contributed by atoms with E-state index in [2.05, 4.69) is 43.1 Å². The van der Waals surface area contributed by atoms with E-state index in [1.54, 1.807) is 0 Å². The summed E-state index contributed by atoms with van der Waals surface area (Å²) < 4.78 is 5.91. The number of aryl methyl sites for hydroxylation is 2. The molecule has 0 aliphatic carbocycles. The molecule has 0 atom stereocenters. The smallest absolute Gasteiger partial charge is 0.122 e. The molecule has 0 unspecified atom stereocenters. The predicted molar refractivity (Wildman–Crippen MR) is 78.5 cm³/mol. The standard InChI is InChI=1S/C17H17NO/c1-12-6-3-4-9-16(12)19-11-14-10-18-17-13(2)7-5-8-15(14)17/h3-10,18H,11H2,1-2H3. The van der Waals surface area contributed by atoms with Gasteiger partial charge in [0.1, 0.15) is 12.4 Å². The Morgan fingerprint density at radius 3 is 2.58 bits per heavy atom. The Balaban J connectivity index is 1.87. The summed E-state index contributed by atoms with van der Waals surface area (Å²) in [6.07, 6.45) is 2.04. The van der Waals surface area contributed by atoms with Crippen molar-refractivity contribution in [2.75, 3.05) is 0 Å². The van der Waals surface area contributed by atoms with Crippen LogP contribution in [0, 0.1) is 13.8 Å². The largest absolute Gasteiger partial charge is 0.489 e. The average molecular weight is 251 g/mol. The molecule has 2 heteroatoms. The normalized spacial score (nSPS) is 10.8. The first-order valence-electron chi connectivity index (χ1n) is 6.50. The molecule has 2 aromatic carbocycles. The molecule has 0 saturated carbocycles. The van der Waals surface area contributed by atoms with Gasteiger partial charge < -0.3 is 9.72 Å². The fourth-order valence-corrected chi connectivity index (χ4v) is 2.36. The van der Waals surface area contributed by atoms with Gasteiger partial charge in [0, 0.05) is 22.7 Å². The molecule has 1 N–H and O–H groups in total. The highest BCUT2D eigenvalue weighted by atomic mass is 16.5. The summed E-state index contributed by atoms with van der Waals surface area (Å²) in [5.74, 6) is 0.949. The van der Waals surface area contributed by atoms with Gasteiger partial charge in [-0.3, -0.25) is 0 Å². The maximum atomic E-state index is 5.91. The number of H-pyrrole nitrogens is 1. The summed E-state index contributed by atoms with van der Waals surface area (Å²) in [7, 11) is 0. The monoisotopic (exact) mass is 251 g/mol. The van der Waals surface area contributed by atoms with Crippen LogP contribution in [0.3, 0.4) is 0 Å². The molecule has 96 valence electrons. The van der Waals surface area contributed by atoms with Crippen LogP contribution in [0.15, 0.2) is 48.7 Å². The zero-order valence-electron chi connectivity index (χ0n) is 11.2. The van der Waals surface area contributed by atoms with E-state index in [9.17, 15) is 0 Å². The molecule has 3 aromatic rings. The van der Waals surface area contributed by atoms with E-state index in [0.717, 1.165) is 5.75 Å². The lowest BCUT2D eigenvalue weighted by Gasteiger charge is -2.08. The molecule has 0 aliphatic heterocycles. The van der Waals surface area contributed by atoms with Crippen molar-refractivity contribution < 1.29 is 4.74 Å². The highest BCUT2D eigenvalue weighted by Crippen LogP contribution is 2.23. The Morgan fingerprint density at radius 2 is 1.74 bits per heavy atom. The Morgan fingerprint density at radius 1 is 0.947 bits per heavy atom. The number of aromatic nitrogens is 1. The number of para-hydroxylation sites is 2. The molecule has 0 aliphatic rings. The Hall–Kier alpha value is -2.22. The van der Waals surface area contributed by atoms with E-state index >= 15 is 0 Å². The van der Waals surface area contributed by atoms with E-state index in [0.29, 0.717) is 6.61 Å². The second-order valence-electron chi connectivity index (χ2n) is 4.87. The molecule has 1 heterocycles. The fraction of sp³-hybridized carbons (Fsp3) is 0.176. The van der Waals surface area contributed by atoms with Crippen LogP contribution in [0.5, 0.6) is 5.75 Å². The molecule has 0 amide bonds. The first-order valence-corrected chi connectivity index (χ1v) is 6.50. The number of ether oxygens (including phenoxy) is 1. The van der Waals surface area contributed by atoms with Gasteiger partial charge in [-0.2, -0.15) is 0 Å². The van der Waals surface area contributed by atoms with Gasteiger partial charge in [0.25, 0.3) is 0 Å². The van der Waals surface area contributed by atoms with Crippen molar-refractivity contribution in [2.45, 2.75) is 20.5 Å². The maximum absolute atomic E-state index is 5.91. The summed E-state index contributed by atoms with van der Waals surface area (Å²) in [5.41, 5.74) is 4.83. The van der Waals surface area contributed by atoms with Crippen molar-refractivity contribution in [3.05, 3.63) is 65.4 Å². The van der Waals surface area contributed by atoms with Crippen LogP contribution in [0.2, 0.25) is 0 Å². The average Bonchev–Trinajstić information content (AvgIpc) is 2.83. The molecule has 1 aromatic heterocycles. The number of aromatic amines is 1. The maximum Gasteiger partial charge on any atom is 0.122 e. The SMILES string of the molecule is Cc1ccccc1OCc1c[nH]c2c(C)cccc12. The Kier molecular flexibility index (Phi) is 3.00. The molecule has 0 bridgehead atoms. The fourth-order valence-electron chi connectivity index (χ4n) is 2.36. The third-order valence-corrected chi connectivity index (χ3v) is 3.49. The van der Waals surface area contributed by atoms with Gasteiger partial charge >= 0.3 is 0 Å². The van der Waals surface area contributed by atoms with Crippen molar-refractivity contribution in [2.24, 2.45) is 0 Å². The van der Waals surface area contributed by atoms with E-state index in [4.69, 9.17) is 4.74 Å². The summed E-state index contributed by atoms with van der Waals surface area (Å²) in [5, 5.41) is 1.24. The Labute approximate surface area is 113 Å². The van der Waals surface area contributed by atoms with Gasteiger partial charge in [-0.1, -0.05) is 36.4 Å². The lowest BCUT2D eigenvalue weighted by atomic mass is 10.1. The van der Waals surface area contributed by atoms with Gasteiger partial charge in [-0.05, 0) is 31.0 Å². The molecule has 19 heavy (non-hydrogen) atoms. The minimum atomic E-state index is 0.592. The third kappa shape index (κ3) is 2.22.